The number of methoxy groups -OCH3 is 1. The van der Waals surface area contributed by atoms with Gasteiger partial charge in [-0.2, -0.15) is 0 Å². The van der Waals surface area contributed by atoms with Gasteiger partial charge in [0.05, 0.1) is 25.3 Å². The summed E-state index contributed by atoms with van der Waals surface area (Å²) in [6.07, 6.45) is 2.74. The van der Waals surface area contributed by atoms with Gasteiger partial charge in [-0.15, -0.1) is 21.5 Å². The van der Waals surface area contributed by atoms with Crippen molar-refractivity contribution >= 4 is 46.2 Å². The second-order valence-electron chi connectivity index (χ2n) is 12.2. The molecule has 3 aliphatic rings. The summed E-state index contributed by atoms with van der Waals surface area (Å²) in [6.45, 7) is 7.64. The van der Waals surface area contributed by atoms with Gasteiger partial charge < -0.3 is 14.5 Å². The minimum atomic E-state index is -0.557. The van der Waals surface area contributed by atoms with Crippen LogP contribution in [0, 0.1) is 26.7 Å². The van der Waals surface area contributed by atoms with Gasteiger partial charge in [-0.1, -0.05) is 23.7 Å². The smallest absolute Gasteiger partial charge is 0.246 e. The summed E-state index contributed by atoms with van der Waals surface area (Å²) in [5.74, 6) is 1.67. The molecule has 240 valence electrons. The number of benzene rings is 2. The largest absolute Gasteiger partial charge is 0.497 e. The fourth-order valence-electron chi connectivity index (χ4n) is 6.62. The molecule has 2 aromatic carbocycles. The van der Waals surface area contributed by atoms with Crippen molar-refractivity contribution in [1.29, 1.82) is 0 Å². The van der Waals surface area contributed by atoms with E-state index >= 15 is 0 Å². The maximum atomic E-state index is 13.9. The Morgan fingerprint density at radius 1 is 0.979 bits per heavy atom. The first-order valence-electron chi connectivity index (χ1n) is 15.4. The molecular formula is C35H33ClN6O4S. The van der Waals surface area contributed by atoms with Gasteiger partial charge in [-0.25, -0.2) is 0 Å². The van der Waals surface area contributed by atoms with Gasteiger partial charge in [0.1, 0.15) is 22.6 Å². The molecule has 0 unspecified atom stereocenters. The number of aryl methyl sites for hydroxylation is 2. The number of nitrogens with zero attached hydrogens (tertiary/aromatic N) is 6. The fourth-order valence-corrected chi connectivity index (χ4v) is 7.96. The van der Waals surface area contributed by atoms with Crippen molar-refractivity contribution in [3.63, 3.8) is 0 Å². The number of fused-ring (bicyclic) bond motifs is 4. The number of carbonyl (C=O) groups is 3. The lowest BCUT2D eigenvalue weighted by Crippen LogP contribution is -2.58. The van der Waals surface area contributed by atoms with Crippen LogP contribution in [0.2, 0.25) is 5.02 Å². The molecule has 47 heavy (non-hydrogen) atoms. The molecule has 10 nitrogen and oxygen atoms in total. The van der Waals surface area contributed by atoms with Crippen LogP contribution in [0.15, 0.2) is 65.7 Å². The van der Waals surface area contributed by atoms with E-state index in [0.717, 1.165) is 33.2 Å². The van der Waals surface area contributed by atoms with E-state index in [4.69, 9.17) is 21.3 Å². The molecule has 0 spiro atoms. The molecule has 5 heterocycles. The van der Waals surface area contributed by atoms with E-state index in [0.29, 0.717) is 41.8 Å². The number of allylic oxidation sites excluding steroid dienone is 1. The van der Waals surface area contributed by atoms with Gasteiger partial charge in [-0.3, -0.25) is 23.9 Å². The third kappa shape index (κ3) is 5.57. The topological polar surface area (TPSA) is 110 Å². The first-order valence-corrected chi connectivity index (χ1v) is 16.6. The summed E-state index contributed by atoms with van der Waals surface area (Å²) in [4.78, 5) is 49.5. The highest BCUT2D eigenvalue weighted by Gasteiger charge is 2.49. The van der Waals surface area contributed by atoms with Crippen molar-refractivity contribution < 1.29 is 19.1 Å². The van der Waals surface area contributed by atoms with E-state index in [-0.39, 0.29) is 36.0 Å². The monoisotopic (exact) mass is 668 g/mol. The van der Waals surface area contributed by atoms with E-state index in [1.807, 2.05) is 40.7 Å². The lowest BCUT2D eigenvalue weighted by atomic mass is 9.91. The molecule has 2 saturated heterocycles. The number of rotatable bonds is 7. The predicted octanol–water partition coefficient (Wildman–Crippen LogP) is 5.31. The van der Waals surface area contributed by atoms with Gasteiger partial charge in [-0.05, 0) is 68.8 Å². The molecule has 2 fully saturated rings. The van der Waals surface area contributed by atoms with Crippen LogP contribution < -0.4 is 4.74 Å². The van der Waals surface area contributed by atoms with Gasteiger partial charge in [0.25, 0.3) is 0 Å². The molecule has 7 rings (SSSR count). The van der Waals surface area contributed by atoms with E-state index in [1.54, 1.807) is 47.6 Å². The number of likely N-dealkylation sites (tertiary alicyclic amines) is 2. The van der Waals surface area contributed by atoms with Crippen LogP contribution in [0.1, 0.15) is 56.0 Å². The molecule has 0 aliphatic carbocycles. The number of amides is 2. The second kappa shape index (κ2) is 12.2. The molecule has 3 atom stereocenters. The van der Waals surface area contributed by atoms with Crippen LogP contribution >= 0.6 is 22.9 Å². The Kier molecular flexibility index (Phi) is 8.05. The number of ether oxygens (including phenoxy) is 1. The Morgan fingerprint density at radius 3 is 2.45 bits per heavy atom. The van der Waals surface area contributed by atoms with Crippen molar-refractivity contribution in [3.05, 3.63) is 104 Å². The molecule has 12 heteroatoms. The second-order valence-corrected chi connectivity index (χ2v) is 13.8. The zero-order valence-corrected chi connectivity index (χ0v) is 28.0. The van der Waals surface area contributed by atoms with Crippen molar-refractivity contribution in [2.75, 3.05) is 26.7 Å². The third-order valence-electron chi connectivity index (χ3n) is 9.35. The minimum absolute atomic E-state index is 0.0414. The maximum Gasteiger partial charge on any atom is 0.246 e. The molecule has 4 aromatic rings. The Hall–Kier alpha value is -4.61. The average Bonchev–Trinajstić information content (AvgIpc) is 3.67. The van der Waals surface area contributed by atoms with Crippen molar-refractivity contribution in [1.82, 2.24) is 24.6 Å². The first-order chi connectivity index (χ1) is 22.6. The molecule has 0 N–H and O–H groups in total. The van der Waals surface area contributed by atoms with Gasteiger partial charge in [0.15, 0.2) is 11.6 Å². The van der Waals surface area contributed by atoms with Crippen LogP contribution in [-0.4, -0.2) is 80.7 Å². The van der Waals surface area contributed by atoms with Crippen LogP contribution in [0.4, 0.5) is 0 Å². The van der Waals surface area contributed by atoms with Gasteiger partial charge in [0.2, 0.25) is 11.8 Å². The Bertz CT molecular complexity index is 1960. The highest BCUT2D eigenvalue weighted by atomic mass is 35.5. The average molecular weight is 669 g/mol. The first kappa shape index (κ1) is 31.0. The number of thiophene rings is 1. The quantitative estimate of drug-likeness (QED) is 0.195. The van der Waals surface area contributed by atoms with Gasteiger partial charge >= 0.3 is 0 Å². The van der Waals surface area contributed by atoms with Crippen LogP contribution in [0.3, 0.4) is 0 Å². The Labute approximate surface area is 281 Å². The SMILES string of the molecule is COc1ccc(C(=O)/C=C/C(=O)N2C[C@H]3CN(C(=O)C[C@@H]4N=C(c5ccc(Cl)cc5)c5c(sc(C)c5C)-n5c(C)nnc54)[C@H]3C2)cc1. The number of aromatic nitrogens is 3. The summed E-state index contributed by atoms with van der Waals surface area (Å²) >= 11 is 7.90. The highest BCUT2D eigenvalue weighted by molar-refractivity contribution is 7.15. The summed E-state index contributed by atoms with van der Waals surface area (Å²) in [6, 6.07) is 13.7. The Balaban J connectivity index is 1.09. The van der Waals surface area contributed by atoms with Crippen molar-refractivity contribution in [2.45, 2.75) is 39.3 Å². The standard InChI is InChI=1S/C35H33ClN6O4S/c1-19-20(2)47-35-32(19)33(23-5-9-25(36)10-6-23)37-27(34-39-38-21(3)42(34)35)15-31(45)41-17-24-16-40(18-28(24)41)30(44)14-13-29(43)22-7-11-26(46-4)12-8-22/h5-14,24,27-28H,15-18H2,1-4H3/b14-13+/t24-,27-,28-/m0/s1. The molecule has 2 aromatic heterocycles. The number of hydrogen-bond acceptors (Lipinski definition) is 8. The molecule has 0 saturated carbocycles. The summed E-state index contributed by atoms with van der Waals surface area (Å²) in [5.41, 5.74) is 4.33. The molecule has 3 aliphatic heterocycles. The number of aliphatic imine (C=N–C) groups is 1. The Morgan fingerprint density at radius 2 is 1.72 bits per heavy atom. The zero-order valence-electron chi connectivity index (χ0n) is 26.4. The fraction of sp³-hybridized carbons (Fsp3) is 0.314. The maximum absolute atomic E-state index is 13.9. The van der Waals surface area contributed by atoms with E-state index in [9.17, 15) is 14.4 Å². The number of ketones is 1. The molecule has 2 amide bonds. The summed E-state index contributed by atoms with van der Waals surface area (Å²) < 4.78 is 7.18. The van der Waals surface area contributed by atoms with Crippen LogP contribution in [0.25, 0.3) is 5.00 Å². The number of halogens is 1. The van der Waals surface area contributed by atoms with Crippen LogP contribution in [-0.2, 0) is 9.59 Å². The zero-order chi connectivity index (χ0) is 33.0. The lowest BCUT2D eigenvalue weighted by molar-refractivity contribution is -0.141. The highest BCUT2D eigenvalue weighted by Crippen LogP contribution is 2.41. The molecule has 0 bridgehead atoms. The normalized spacial score (nSPS) is 19.9. The van der Waals surface area contributed by atoms with Gasteiger partial charge in [0, 0.05) is 58.2 Å². The number of carbonyl (C=O) groups excluding carboxylic acids is 3. The van der Waals surface area contributed by atoms with Crippen LogP contribution in [0.5, 0.6) is 5.75 Å². The van der Waals surface area contributed by atoms with E-state index in [1.165, 1.54) is 17.0 Å². The number of hydrogen-bond donors (Lipinski definition) is 0. The van der Waals surface area contributed by atoms with Crippen molar-refractivity contribution in [3.8, 4) is 10.8 Å². The summed E-state index contributed by atoms with van der Waals surface area (Å²) in [7, 11) is 1.56. The third-order valence-corrected chi connectivity index (χ3v) is 10.8. The van der Waals surface area contributed by atoms with E-state index in [2.05, 4.69) is 24.0 Å². The van der Waals surface area contributed by atoms with E-state index < -0.39 is 6.04 Å². The van der Waals surface area contributed by atoms with Crippen molar-refractivity contribution in [2.24, 2.45) is 10.9 Å². The predicted molar refractivity (Wildman–Crippen MR) is 180 cm³/mol. The lowest BCUT2D eigenvalue weighted by Gasteiger charge is -2.43. The summed E-state index contributed by atoms with van der Waals surface area (Å²) in [5, 5.41) is 10.5. The molecular weight excluding hydrogens is 636 g/mol. The molecule has 0 radical (unpaired) electrons. The minimum Gasteiger partial charge on any atom is -0.497 e.